The van der Waals surface area contributed by atoms with Crippen LogP contribution in [0.25, 0.3) is 0 Å². The topological polar surface area (TPSA) is 66.6 Å². The molecule has 1 atom stereocenters. The first kappa shape index (κ1) is 14.3. The number of hydrogen-bond donors (Lipinski definition) is 2. The summed E-state index contributed by atoms with van der Waals surface area (Å²) in [6, 6.07) is 7.32. The molecule has 1 aliphatic heterocycles. The van der Waals surface area contributed by atoms with Gasteiger partial charge in [0.15, 0.2) is 0 Å². The van der Waals surface area contributed by atoms with E-state index in [-0.39, 0.29) is 11.8 Å². The Labute approximate surface area is 118 Å². The summed E-state index contributed by atoms with van der Waals surface area (Å²) in [5, 5.41) is 10.8. The highest BCUT2D eigenvalue weighted by atomic mass is 35.5. The number of nitrogens with two attached hydrogens (primary N) is 1. The molecule has 1 fully saturated rings. The quantitative estimate of drug-likeness (QED) is 0.881. The standard InChI is InChI=1S/C14H19ClN2O2/c15-12-4-2-1-3-11(12)13(18)9-17-7-5-10(6-8-17)14(16)19/h1-4,10,13,18H,5-9H2,(H2,16,19)/t13-/m0/s1. The van der Waals surface area contributed by atoms with Crippen LogP contribution in [0.1, 0.15) is 24.5 Å². The first-order valence-electron chi connectivity index (χ1n) is 6.52. The van der Waals surface area contributed by atoms with Gasteiger partial charge in [-0.3, -0.25) is 4.79 Å². The molecule has 2 rings (SSSR count). The van der Waals surface area contributed by atoms with Gasteiger partial charge in [-0.15, -0.1) is 0 Å². The lowest BCUT2D eigenvalue weighted by Crippen LogP contribution is -2.40. The minimum absolute atomic E-state index is 0.0197. The molecule has 0 unspecified atom stereocenters. The molecule has 104 valence electrons. The van der Waals surface area contributed by atoms with Gasteiger partial charge in [-0.25, -0.2) is 0 Å². The number of nitrogens with zero attached hydrogens (tertiary/aromatic N) is 1. The lowest BCUT2D eigenvalue weighted by atomic mass is 9.96. The van der Waals surface area contributed by atoms with Gasteiger partial charge in [0, 0.05) is 23.0 Å². The zero-order valence-electron chi connectivity index (χ0n) is 10.8. The van der Waals surface area contributed by atoms with Crippen LogP contribution in [0.4, 0.5) is 0 Å². The number of β-amino-alcohol motifs (C(OH)–C–C–N with tert-alkyl or cyclic N) is 1. The number of piperidine rings is 1. The Balaban J connectivity index is 1.89. The molecule has 0 bridgehead atoms. The van der Waals surface area contributed by atoms with Crippen molar-refractivity contribution in [2.24, 2.45) is 11.7 Å². The van der Waals surface area contributed by atoms with Gasteiger partial charge < -0.3 is 15.7 Å². The van der Waals surface area contributed by atoms with E-state index in [1.807, 2.05) is 18.2 Å². The second-order valence-electron chi connectivity index (χ2n) is 5.01. The molecule has 3 N–H and O–H groups in total. The predicted octanol–water partition coefficient (Wildman–Crippen LogP) is 1.57. The Kier molecular flexibility index (Phi) is 4.80. The molecule has 19 heavy (non-hydrogen) atoms. The third-order valence-corrected chi connectivity index (χ3v) is 4.03. The van der Waals surface area contributed by atoms with Crippen molar-refractivity contribution in [3.8, 4) is 0 Å². The number of benzene rings is 1. The Morgan fingerprint density at radius 1 is 1.42 bits per heavy atom. The van der Waals surface area contributed by atoms with Gasteiger partial charge in [0.1, 0.15) is 0 Å². The van der Waals surface area contributed by atoms with Crippen LogP contribution >= 0.6 is 11.6 Å². The maximum atomic E-state index is 11.1. The zero-order chi connectivity index (χ0) is 13.8. The van der Waals surface area contributed by atoms with Crippen molar-refractivity contribution in [2.75, 3.05) is 19.6 Å². The third kappa shape index (κ3) is 3.69. The highest BCUT2D eigenvalue weighted by Gasteiger charge is 2.24. The van der Waals surface area contributed by atoms with E-state index in [9.17, 15) is 9.90 Å². The SMILES string of the molecule is NC(=O)C1CCN(C[C@H](O)c2ccccc2Cl)CC1. The fraction of sp³-hybridized carbons (Fsp3) is 0.500. The van der Waals surface area contributed by atoms with Crippen LogP contribution in [-0.4, -0.2) is 35.5 Å². The van der Waals surface area contributed by atoms with E-state index in [2.05, 4.69) is 4.90 Å². The Morgan fingerprint density at radius 2 is 2.05 bits per heavy atom. The Bertz CT molecular complexity index is 445. The lowest BCUT2D eigenvalue weighted by molar-refractivity contribution is -0.123. The predicted molar refractivity (Wildman–Crippen MR) is 74.8 cm³/mol. The molecule has 0 saturated carbocycles. The number of aliphatic hydroxyl groups is 1. The number of carbonyl (C=O) groups excluding carboxylic acids is 1. The van der Waals surface area contributed by atoms with Gasteiger partial charge in [0.05, 0.1) is 6.10 Å². The Morgan fingerprint density at radius 3 is 2.63 bits per heavy atom. The number of carbonyl (C=O) groups is 1. The fourth-order valence-electron chi connectivity index (χ4n) is 2.49. The minimum Gasteiger partial charge on any atom is -0.387 e. The van der Waals surface area contributed by atoms with E-state index in [1.54, 1.807) is 6.07 Å². The maximum Gasteiger partial charge on any atom is 0.220 e. The molecular formula is C14H19ClN2O2. The van der Waals surface area contributed by atoms with E-state index < -0.39 is 6.10 Å². The number of rotatable bonds is 4. The molecule has 1 aromatic rings. The minimum atomic E-state index is -0.598. The van der Waals surface area contributed by atoms with Gasteiger partial charge >= 0.3 is 0 Å². The van der Waals surface area contributed by atoms with Gasteiger partial charge in [0.2, 0.25) is 5.91 Å². The average Bonchev–Trinajstić information content (AvgIpc) is 2.39. The highest BCUT2D eigenvalue weighted by molar-refractivity contribution is 6.31. The summed E-state index contributed by atoms with van der Waals surface area (Å²) in [4.78, 5) is 13.2. The summed E-state index contributed by atoms with van der Waals surface area (Å²) in [5.41, 5.74) is 6.05. The van der Waals surface area contributed by atoms with Crippen LogP contribution in [0.5, 0.6) is 0 Å². The lowest BCUT2D eigenvalue weighted by Gasteiger charge is -2.32. The van der Waals surface area contributed by atoms with E-state index in [4.69, 9.17) is 17.3 Å². The normalized spacial score (nSPS) is 19.3. The molecule has 0 aliphatic carbocycles. The van der Waals surface area contributed by atoms with Gasteiger partial charge in [0.25, 0.3) is 0 Å². The largest absolute Gasteiger partial charge is 0.387 e. The summed E-state index contributed by atoms with van der Waals surface area (Å²) in [5.74, 6) is -0.236. The number of primary amides is 1. The first-order chi connectivity index (χ1) is 9.08. The maximum absolute atomic E-state index is 11.1. The Hall–Kier alpha value is -1.10. The van der Waals surface area contributed by atoms with Crippen molar-refractivity contribution < 1.29 is 9.90 Å². The summed E-state index contributed by atoms with van der Waals surface area (Å²) in [6.45, 7) is 2.11. The molecule has 1 saturated heterocycles. The van der Waals surface area contributed by atoms with Crippen molar-refractivity contribution in [3.63, 3.8) is 0 Å². The first-order valence-corrected chi connectivity index (χ1v) is 6.90. The zero-order valence-corrected chi connectivity index (χ0v) is 11.5. The second-order valence-corrected chi connectivity index (χ2v) is 5.42. The average molecular weight is 283 g/mol. The number of amides is 1. The van der Waals surface area contributed by atoms with E-state index in [0.29, 0.717) is 11.6 Å². The molecule has 1 amide bonds. The van der Waals surface area contributed by atoms with Crippen LogP contribution in [0.2, 0.25) is 5.02 Å². The molecule has 1 aromatic carbocycles. The van der Waals surface area contributed by atoms with Crippen molar-refractivity contribution >= 4 is 17.5 Å². The molecular weight excluding hydrogens is 264 g/mol. The monoisotopic (exact) mass is 282 g/mol. The summed E-state index contributed by atoms with van der Waals surface area (Å²) < 4.78 is 0. The summed E-state index contributed by atoms with van der Waals surface area (Å²) in [6.07, 6.45) is 0.939. The van der Waals surface area contributed by atoms with Crippen LogP contribution in [0.3, 0.4) is 0 Å². The number of aliphatic hydroxyl groups excluding tert-OH is 1. The van der Waals surface area contributed by atoms with E-state index in [1.165, 1.54) is 0 Å². The van der Waals surface area contributed by atoms with E-state index >= 15 is 0 Å². The fourth-order valence-corrected chi connectivity index (χ4v) is 2.75. The van der Waals surface area contributed by atoms with Crippen LogP contribution in [-0.2, 0) is 4.79 Å². The molecule has 4 nitrogen and oxygen atoms in total. The summed E-state index contributed by atoms with van der Waals surface area (Å²) in [7, 11) is 0. The van der Waals surface area contributed by atoms with Crippen LogP contribution in [0, 0.1) is 5.92 Å². The van der Waals surface area contributed by atoms with Crippen molar-refractivity contribution in [2.45, 2.75) is 18.9 Å². The van der Waals surface area contributed by atoms with Gasteiger partial charge in [-0.05, 0) is 32.0 Å². The molecule has 1 aliphatic rings. The van der Waals surface area contributed by atoms with Crippen molar-refractivity contribution in [1.29, 1.82) is 0 Å². The van der Waals surface area contributed by atoms with Crippen molar-refractivity contribution in [3.05, 3.63) is 34.9 Å². The smallest absolute Gasteiger partial charge is 0.220 e. The molecule has 0 spiro atoms. The number of halogens is 1. The second kappa shape index (κ2) is 6.37. The molecule has 1 heterocycles. The van der Waals surface area contributed by atoms with Crippen LogP contribution in [0.15, 0.2) is 24.3 Å². The number of likely N-dealkylation sites (tertiary alicyclic amines) is 1. The molecule has 0 aromatic heterocycles. The van der Waals surface area contributed by atoms with Gasteiger partial charge in [-0.2, -0.15) is 0 Å². The summed E-state index contributed by atoms with van der Waals surface area (Å²) >= 11 is 6.06. The van der Waals surface area contributed by atoms with Gasteiger partial charge in [-0.1, -0.05) is 29.8 Å². The molecule has 0 radical (unpaired) electrons. The molecule has 5 heteroatoms. The van der Waals surface area contributed by atoms with E-state index in [0.717, 1.165) is 31.5 Å². The number of hydrogen-bond acceptors (Lipinski definition) is 3. The van der Waals surface area contributed by atoms with Crippen LogP contribution < -0.4 is 5.73 Å². The third-order valence-electron chi connectivity index (χ3n) is 3.69. The van der Waals surface area contributed by atoms with Crippen molar-refractivity contribution in [1.82, 2.24) is 4.90 Å². The highest BCUT2D eigenvalue weighted by Crippen LogP contribution is 2.25.